The molecule has 0 saturated heterocycles. The van der Waals surface area contributed by atoms with Crippen LogP contribution in [0.3, 0.4) is 0 Å². The highest BCUT2D eigenvalue weighted by molar-refractivity contribution is 9.10. The summed E-state index contributed by atoms with van der Waals surface area (Å²) in [5.41, 5.74) is 7.55. The average Bonchev–Trinajstić information content (AvgIpc) is 2.37. The molecule has 0 aliphatic rings. The second-order valence-corrected chi connectivity index (χ2v) is 6.51. The lowest BCUT2D eigenvalue weighted by atomic mass is 9.92. The summed E-state index contributed by atoms with van der Waals surface area (Å²) in [5.74, 6) is 1.76. The number of benzene rings is 1. The van der Waals surface area contributed by atoms with Gasteiger partial charge in [0.25, 0.3) is 0 Å². The summed E-state index contributed by atoms with van der Waals surface area (Å²) < 4.78 is 6.32. The van der Waals surface area contributed by atoms with Gasteiger partial charge in [0.2, 0.25) is 0 Å². The third kappa shape index (κ3) is 3.10. The molecule has 1 aromatic heterocycles. The van der Waals surface area contributed by atoms with Gasteiger partial charge in [-0.05, 0) is 18.2 Å². The Kier molecular flexibility index (Phi) is 3.99. The standard InChI is InChI=1S/C15H18BrN3O/c1-15(2,3)12-8-13(17)19-14(18-12)10-7-9(16)5-6-11(10)20-4/h5-8H,1-4H3,(H2,17,18,19). The molecule has 5 heteroatoms. The van der Waals surface area contributed by atoms with Gasteiger partial charge >= 0.3 is 0 Å². The molecule has 106 valence electrons. The van der Waals surface area contributed by atoms with Crippen molar-refractivity contribution in [1.82, 2.24) is 9.97 Å². The number of nitrogens with zero attached hydrogens (tertiary/aromatic N) is 2. The van der Waals surface area contributed by atoms with Crippen molar-refractivity contribution in [2.75, 3.05) is 12.8 Å². The molecular formula is C15H18BrN3O. The van der Waals surface area contributed by atoms with Crippen molar-refractivity contribution in [3.05, 3.63) is 34.4 Å². The van der Waals surface area contributed by atoms with E-state index in [1.54, 1.807) is 7.11 Å². The van der Waals surface area contributed by atoms with Crippen LogP contribution in [0.4, 0.5) is 5.82 Å². The monoisotopic (exact) mass is 335 g/mol. The van der Waals surface area contributed by atoms with Crippen molar-refractivity contribution < 1.29 is 4.74 Å². The molecule has 2 rings (SSSR count). The van der Waals surface area contributed by atoms with Gasteiger partial charge in [-0.2, -0.15) is 0 Å². The van der Waals surface area contributed by atoms with Crippen LogP contribution in [0.2, 0.25) is 0 Å². The molecular weight excluding hydrogens is 318 g/mol. The van der Waals surface area contributed by atoms with Crippen LogP contribution in [0.5, 0.6) is 5.75 Å². The van der Waals surface area contributed by atoms with Crippen LogP contribution in [0.1, 0.15) is 26.5 Å². The number of anilines is 1. The lowest BCUT2D eigenvalue weighted by molar-refractivity contribution is 0.416. The minimum Gasteiger partial charge on any atom is -0.496 e. The highest BCUT2D eigenvalue weighted by Gasteiger charge is 2.19. The van der Waals surface area contributed by atoms with E-state index in [0.29, 0.717) is 11.6 Å². The van der Waals surface area contributed by atoms with Gasteiger partial charge in [-0.25, -0.2) is 9.97 Å². The number of methoxy groups -OCH3 is 1. The Morgan fingerprint density at radius 1 is 1.15 bits per heavy atom. The molecule has 0 aliphatic carbocycles. The fourth-order valence-corrected chi connectivity index (χ4v) is 2.19. The molecule has 1 aromatic carbocycles. The van der Waals surface area contributed by atoms with Gasteiger partial charge < -0.3 is 10.5 Å². The number of rotatable bonds is 2. The van der Waals surface area contributed by atoms with Crippen LogP contribution in [0.15, 0.2) is 28.7 Å². The smallest absolute Gasteiger partial charge is 0.165 e. The van der Waals surface area contributed by atoms with Crippen molar-refractivity contribution in [2.24, 2.45) is 0 Å². The first-order valence-electron chi connectivity index (χ1n) is 6.30. The van der Waals surface area contributed by atoms with E-state index in [-0.39, 0.29) is 5.41 Å². The van der Waals surface area contributed by atoms with Crippen molar-refractivity contribution in [3.63, 3.8) is 0 Å². The van der Waals surface area contributed by atoms with Crippen molar-refractivity contribution in [1.29, 1.82) is 0 Å². The number of nitrogen functional groups attached to an aromatic ring is 1. The Morgan fingerprint density at radius 2 is 1.85 bits per heavy atom. The topological polar surface area (TPSA) is 61.0 Å². The van der Waals surface area contributed by atoms with Crippen molar-refractivity contribution in [3.8, 4) is 17.1 Å². The molecule has 4 nitrogen and oxygen atoms in total. The Bertz CT molecular complexity index is 636. The Labute approximate surface area is 127 Å². The van der Waals surface area contributed by atoms with Gasteiger partial charge in [-0.15, -0.1) is 0 Å². The normalized spacial score (nSPS) is 11.4. The highest BCUT2D eigenvalue weighted by Crippen LogP contribution is 2.32. The zero-order valence-electron chi connectivity index (χ0n) is 12.1. The van der Waals surface area contributed by atoms with Crippen LogP contribution in [-0.2, 0) is 5.41 Å². The van der Waals surface area contributed by atoms with E-state index in [1.165, 1.54) is 0 Å². The molecule has 0 bridgehead atoms. The maximum Gasteiger partial charge on any atom is 0.165 e. The maximum atomic E-state index is 5.92. The summed E-state index contributed by atoms with van der Waals surface area (Å²) in [6.45, 7) is 6.28. The third-order valence-electron chi connectivity index (χ3n) is 2.92. The molecule has 0 aliphatic heterocycles. The number of ether oxygens (including phenoxy) is 1. The van der Waals surface area contributed by atoms with Gasteiger partial charge in [-0.3, -0.25) is 0 Å². The summed E-state index contributed by atoms with van der Waals surface area (Å²) in [6.07, 6.45) is 0. The van der Waals surface area contributed by atoms with Crippen LogP contribution < -0.4 is 10.5 Å². The van der Waals surface area contributed by atoms with Gasteiger partial charge in [0.05, 0.1) is 18.4 Å². The fourth-order valence-electron chi connectivity index (χ4n) is 1.83. The molecule has 0 radical (unpaired) electrons. The summed E-state index contributed by atoms with van der Waals surface area (Å²) in [4.78, 5) is 8.97. The van der Waals surface area contributed by atoms with E-state index in [1.807, 2.05) is 24.3 Å². The predicted molar refractivity (Wildman–Crippen MR) is 84.8 cm³/mol. The quantitative estimate of drug-likeness (QED) is 0.906. The summed E-state index contributed by atoms with van der Waals surface area (Å²) >= 11 is 3.46. The molecule has 0 atom stereocenters. The Balaban J connectivity index is 2.64. The SMILES string of the molecule is COc1ccc(Br)cc1-c1nc(N)cc(C(C)(C)C)n1. The van der Waals surface area contributed by atoms with Gasteiger partial charge in [0.1, 0.15) is 11.6 Å². The first kappa shape index (κ1) is 14.8. The van der Waals surface area contributed by atoms with Crippen LogP contribution >= 0.6 is 15.9 Å². The molecule has 20 heavy (non-hydrogen) atoms. The highest BCUT2D eigenvalue weighted by atomic mass is 79.9. The molecule has 0 saturated carbocycles. The van der Waals surface area contributed by atoms with E-state index in [0.717, 1.165) is 21.5 Å². The summed E-state index contributed by atoms with van der Waals surface area (Å²) in [6, 6.07) is 7.54. The van der Waals surface area contributed by atoms with E-state index in [9.17, 15) is 0 Å². The molecule has 0 spiro atoms. The minimum atomic E-state index is -0.0922. The maximum absolute atomic E-state index is 5.92. The predicted octanol–water partition coefficient (Wildman–Crippen LogP) is 3.79. The Hall–Kier alpha value is -1.62. The van der Waals surface area contributed by atoms with Gasteiger partial charge in [0, 0.05) is 16.0 Å². The zero-order valence-corrected chi connectivity index (χ0v) is 13.7. The van der Waals surface area contributed by atoms with Crippen molar-refractivity contribution in [2.45, 2.75) is 26.2 Å². The first-order valence-corrected chi connectivity index (χ1v) is 7.09. The van der Waals surface area contributed by atoms with Crippen LogP contribution in [0, 0.1) is 0 Å². The molecule has 0 fully saturated rings. The van der Waals surface area contributed by atoms with Gasteiger partial charge in [0.15, 0.2) is 5.82 Å². The molecule has 0 amide bonds. The second kappa shape index (κ2) is 5.40. The fraction of sp³-hybridized carbons (Fsp3) is 0.333. The number of nitrogens with two attached hydrogens (primary N) is 1. The second-order valence-electron chi connectivity index (χ2n) is 5.60. The number of hydrogen-bond acceptors (Lipinski definition) is 4. The lowest BCUT2D eigenvalue weighted by Gasteiger charge is -2.19. The van der Waals surface area contributed by atoms with Crippen LogP contribution in [0.25, 0.3) is 11.4 Å². The average molecular weight is 336 g/mol. The summed E-state index contributed by atoms with van der Waals surface area (Å²) in [5, 5.41) is 0. The third-order valence-corrected chi connectivity index (χ3v) is 3.41. The molecule has 2 aromatic rings. The lowest BCUT2D eigenvalue weighted by Crippen LogP contribution is -2.15. The number of halogens is 1. The minimum absolute atomic E-state index is 0.0922. The summed E-state index contributed by atoms with van der Waals surface area (Å²) in [7, 11) is 1.63. The molecule has 2 N–H and O–H groups in total. The Morgan fingerprint density at radius 3 is 2.45 bits per heavy atom. The molecule has 0 unspecified atom stereocenters. The van der Waals surface area contributed by atoms with Gasteiger partial charge in [-0.1, -0.05) is 36.7 Å². The van der Waals surface area contributed by atoms with E-state index < -0.39 is 0 Å². The van der Waals surface area contributed by atoms with Crippen molar-refractivity contribution >= 4 is 21.7 Å². The zero-order chi connectivity index (χ0) is 14.9. The van der Waals surface area contributed by atoms with E-state index in [2.05, 4.69) is 46.7 Å². The molecule has 1 heterocycles. The number of hydrogen-bond donors (Lipinski definition) is 1. The number of aromatic nitrogens is 2. The first-order chi connectivity index (χ1) is 9.31. The van der Waals surface area contributed by atoms with E-state index in [4.69, 9.17) is 10.5 Å². The van der Waals surface area contributed by atoms with Crippen LogP contribution in [-0.4, -0.2) is 17.1 Å². The largest absolute Gasteiger partial charge is 0.496 e. The van der Waals surface area contributed by atoms with E-state index >= 15 is 0 Å².